The molecule has 0 unspecified atom stereocenters. The number of aromatic hydroxyl groups is 1. The number of nitrogen functional groups attached to an aromatic ring is 1. The van der Waals surface area contributed by atoms with E-state index in [9.17, 15) is 9.50 Å². The number of phenolic OH excluding ortho intramolecular Hbond substituents is 1. The molecule has 0 fully saturated rings. The molecule has 0 radical (unpaired) electrons. The molecule has 0 aliphatic carbocycles. The molecule has 0 atom stereocenters. The Hall–Kier alpha value is -1.81. The highest BCUT2D eigenvalue weighted by atomic mass is 35.5. The summed E-state index contributed by atoms with van der Waals surface area (Å²) in [6, 6.07) is 4.01. The molecule has 1 aromatic carbocycles. The summed E-state index contributed by atoms with van der Waals surface area (Å²) >= 11 is 5.75. The van der Waals surface area contributed by atoms with Crippen LogP contribution in [0.4, 0.5) is 10.2 Å². The topological polar surface area (TPSA) is 59.1 Å². The van der Waals surface area contributed by atoms with Crippen LogP contribution in [0, 0.1) is 12.7 Å². The highest BCUT2D eigenvalue weighted by molar-refractivity contribution is 6.32. The maximum atomic E-state index is 13.7. The number of rotatable bonds is 1. The number of halogens is 2. The molecule has 88 valence electrons. The van der Waals surface area contributed by atoms with Crippen LogP contribution in [0.2, 0.25) is 5.02 Å². The van der Waals surface area contributed by atoms with Crippen molar-refractivity contribution in [1.29, 1.82) is 0 Å². The Balaban J connectivity index is 2.68. The van der Waals surface area contributed by atoms with E-state index >= 15 is 0 Å². The van der Waals surface area contributed by atoms with Crippen molar-refractivity contribution in [3.05, 3.63) is 40.8 Å². The molecule has 0 amide bonds. The molecular weight excluding hydrogens is 243 g/mol. The zero-order chi connectivity index (χ0) is 12.6. The fraction of sp³-hybridized carbons (Fsp3) is 0.0833. The zero-order valence-electron chi connectivity index (χ0n) is 9.04. The first kappa shape index (κ1) is 11.7. The minimum absolute atomic E-state index is 0.0716. The van der Waals surface area contributed by atoms with Gasteiger partial charge >= 0.3 is 0 Å². The first-order valence-electron chi connectivity index (χ1n) is 4.89. The van der Waals surface area contributed by atoms with Crippen LogP contribution in [0.25, 0.3) is 11.1 Å². The van der Waals surface area contributed by atoms with Gasteiger partial charge in [0.25, 0.3) is 0 Å². The fourth-order valence-electron chi connectivity index (χ4n) is 1.54. The van der Waals surface area contributed by atoms with E-state index in [1.807, 2.05) is 6.92 Å². The van der Waals surface area contributed by atoms with Crippen molar-refractivity contribution in [3.8, 4) is 16.9 Å². The van der Waals surface area contributed by atoms with Crippen molar-refractivity contribution >= 4 is 17.4 Å². The van der Waals surface area contributed by atoms with E-state index in [0.717, 1.165) is 11.6 Å². The van der Waals surface area contributed by atoms with Crippen LogP contribution in [-0.4, -0.2) is 10.1 Å². The molecule has 0 aliphatic heterocycles. The summed E-state index contributed by atoms with van der Waals surface area (Å²) in [5.74, 6) is -0.672. The predicted octanol–water partition coefficient (Wildman–Crippen LogP) is 3.14. The van der Waals surface area contributed by atoms with E-state index in [0.29, 0.717) is 5.56 Å². The van der Waals surface area contributed by atoms with E-state index in [-0.39, 0.29) is 22.2 Å². The Bertz CT molecular complexity index is 587. The van der Waals surface area contributed by atoms with Crippen LogP contribution < -0.4 is 5.73 Å². The number of hydrogen-bond acceptors (Lipinski definition) is 3. The number of anilines is 1. The van der Waals surface area contributed by atoms with E-state index in [1.165, 1.54) is 6.07 Å². The van der Waals surface area contributed by atoms with Crippen LogP contribution >= 0.6 is 11.6 Å². The number of benzene rings is 1. The van der Waals surface area contributed by atoms with Gasteiger partial charge in [-0.15, -0.1) is 0 Å². The van der Waals surface area contributed by atoms with Gasteiger partial charge in [-0.2, -0.15) is 0 Å². The molecule has 0 saturated carbocycles. The third-order valence-corrected chi connectivity index (χ3v) is 2.68. The Morgan fingerprint density at radius 1 is 1.29 bits per heavy atom. The number of aryl methyl sites for hydroxylation is 1. The van der Waals surface area contributed by atoms with Crippen molar-refractivity contribution in [2.75, 3.05) is 5.73 Å². The zero-order valence-corrected chi connectivity index (χ0v) is 9.79. The maximum Gasteiger partial charge on any atom is 0.137 e. The van der Waals surface area contributed by atoms with Crippen molar-refractivity contribution in [2.45, 2.75) is 6.92 Å². The van der Waals surface area contributed by atoms with E-state index in [1.54, 1.807) is 12.3 Å². The van der Waals surface area contributed by atoms with Gasteiger partial charge in [0.1, 0.15) is 17.4 Å². The molecule has 3 nitrogen and oxygen atoms in total. The summed E-state index contributed by atoms with van der Waals surface area (Å²) in [4.78, 5) is 3.95. The molecule has 2 rings (SSSR count). The first-order valence-corrected chi connectivity index (χ1v) is 5.27. The molecule has 0 bridgehead atoms. The third kappa shape index (κ3) is 2.17. The smallest absolute Gasteiger partial charge is 0.137 e. The molecule has 17 heavy (non-hydrogen) atoms. The minimum Gasteiger partial charge on any atom is -0.506 e. The molecule has 0 spiro atoms. The van der Waals surface area contributed by atoms with Gasteiger partial charge in [-0.1, -0.05) is 11.6 Å². The lowest BCUT2D eigenvalue weighted by atomic mass is 10.0. The molecule has 0 saturated heterocycles. The van der Waals surface area contributed by atoms with Crippen LogP contribution in [0.15, 0.2) is 24.4 Å². The van der Waals surface area contributed by atoms with Crippen LogP contribution in [0.1, 0.15) is 5.56 Å². The highest BCUT2D eigenvalue weighted by Gasteiger charge is 2.13. The average molecular weight is 253 g/mol. The average Bonchev–Trinajstić information content (AvgIpc) is 2.27. The molecule has 3 N–H and O–H groups in total. The lowest BCUT2D eigenvalue weighted by molar-refractivity contribution is 0.469. The van der Waals surface area contributed by atoms with Gasteiger partial charge in [-0.3, -0.25) is 0 Å². The fourth-order valence-corrected chi connectivity index (χ4v) is 1.70. The van der Waals surface area contributed by atoms with Gasteiger partial charge in [-0.05, 0) is 24.6 Å². The molecule has 1 heterocycles. The highest BCUT2D eigenvalue weighted by Crippen LogP contribution is 2.34. The molecular formula is C12H10ClFN2O. The number of nitrogens with zero attached hydrogens (tertiary/aromatic N) is 1. The van der Waals surface area contributed by atoms with Crippen molar-refractivity contribution in [2.24, 2.45) is 0 Å². The van der Waals surface area contributed by atoms with Gasteiger partial charge in [0, 0.05) is 23.4 Å². The summed E-state index contributed by atoms with van der Waals surface area (Å²) in [6.45, 7) is 1.83. The largest absolute Gasteiger partial charge is 0.506 e. The van der Waals surface area contributed by atoms with Crippen LogP contribution in [-0.2, 0) is 0 Å². The van der Waals surface area contributed by atoms with Crippen molar-refractivity contribution in [3.63, 3.8) is 0 Å². The number of hydrogen-bond donors (Lipinski definition) is 2. The van der Waals surface area contributed by atoms with Crippen molar-refractivity contribution < 1.29 is 9.50 Å². The molecule has 0 aliphatic rings. The summed E-state index contributed by atoms with van der Waals surface area (Å²) in [5, 5.41) is 9.35. The SMILES string of the molecule is Cc1cnc(N)c(-c2cc(Cl)c(O)cc2F)c1. The summed E-state index contributed by atoms with van der Waals surface area (Å²) in [7, 11) is 0. The maximum absolute atomic E-state index is 13.7. The van der Waals surface area contributed by atoms with Crippen molar-refractivity contribution in [1.82, 2.24) is 4.98 Å². The first-order chi connectivity index (χ1) is 7.99. The second-order valence-electron chi connectivity index (χ2n) is 3.73. The van der Waals surface area contributed by atoms with Gasteiger partial charge in [0.2, 0.25) is 0 Å². The number of pyridine rings is 1. The quantitative estimate of drug-likeness (QED) is 0.820. The third-order valence-electron chi connectivity index (χ3n) is 2.38. The van der Waals surface area contributed by atoms with Crippen LogP contribution in [0.3, 0.4) is 0 Å². The molecule has 1 aromatic heterocycles. The van der Waals surface area contributed by atoms with E-state index in [4.69, 9.17) is 17.3 Å². The number of aromatic nitrogens is 1. The minimum atomic E-state index is -0.592. The van der Waals surface area contributed by atoms with Gasteiger partial charge < -0.3 is 10.8 Å². The van der Waals surface area contributed by atoms with Crippen LogP contribution in [0.5, 0.6) is 5.75 Å². The summed E-state index contributed by atoms with van der Waals surface area (Å²) in [6.07, 6.45) is 1.60. The summed E-state index contributed by atoms with van der Waals surface area (Å²) < 4.78 is 13.7. The van der Waals surface area contributed by atoms with Gasteiger partial charge in [0.15, 0.2) is 0 Å². The molecule has 5 heteroatoms. The Morgan fingerprint density at radius 2 is 2.00 bits per heavy atom. The molecule has 2 aromatic rings. The Labute approximate surface area is 103 Å². The van der Waals surface area contributed by atoms with E-state index < -0.39 is 5.82 Å². The number of phenols is 1. The summed E-state index contributed by atoms with van der Waals surface area (Å²) in [5.41, 5.74) is 7.24. The normalized spacial score (nSPS) is 10.5. The Morgan fingerprint density at radius 3 is 2.71 bits per heavy atom. The van der Waals surface area contributed by atoms with E-state index in [2.05, 4.69) is 4.98 Å². The second kappa shape index (κ2) is 4.22. The Kier molecular flexibility index (Phi) is 2.90. The predicted molar refractivity (Wildman–Crippen MR) is 65.5 cm³/mol. The standard InChI is InChI=1S/C12H10ClFN2O/c1-6-2-8(12(15)16-5-6)7-3-9(13)11(17)4-10(7)14/h2-5,17H,1H3,(H2,15,16). The monoisotopic (exact) mass is 252 g/mol. The second-order valence-corrected chi connectivity index (χ2v) is 4.14. The lowest BCUT2D eigenvalue weighted by Gasteiger charge is -2.08. The number of nitrogens with two attached hydrogens (primary N) is 1. The van der Waals surface area contributed by atoms with Gasteiger partial charge in [0.05, 0.1) is 5.02 Å². The van der Waals surface area contributed by atoms with Gasteiger partial charge in [-0.25, -0.2) is 9.37 Å². The lowest BCUT2D eigenvalue weighted by Crippen LogP contribution is -1.96.